The summed E-state index contributed by atoms with van der Waals surface area (Å²) in [5.74, 6) is -4.22. The van der Waals surface area contributed by atoms with Crippen molar-refractivity contribution in [2.75, 3.05) is 35.2 Å². The fourth-order valence-corrected chi connectivity index (χ4v) is 10.7. The van der Waals surface area contributed by atoms with Crippen LogP contribution < -0.4 is 4.90 Å². The van der Waals surface area contributed by atoms with Gasteiger partial charge >= 0.3 is 5.97 Å². The van der Waals surface area contributed by atoms with E-state index < -0.39 is 76.0 Å². The van der Waals surface area contributed by atoms with Crippen LogP contribution in [-0.2, 0) is 46.0 Å². The van der Waals surface area contributed by atoms with Crippen LogP contribution in [-0.4, -0.2) is 114 Å². The first-order valence-electron chi connectivity index (χ1n) is 22.9. The minimum Gasteiger partial charge on any atom is -0.481 e. The number of anilines is 1. The van der Waals surface area contributed by atoms with E-state index in [1.54, 1.807) is 24.3 Å². The molecule has 2 aromatic rings. The molecule has 0 spiro atoms. The number of carbonyl (C=O) groups is 5. The average Bonchev–Trinajstić information content (AvgIpc) is 3.56. The summed E-state index contributed by atoms with van der Waals surface area (Å²) in [6.45, 7) is 11.7. The first-order valence-corrected chi connectivity index (χ1v) is 27.7. The van der Waals surface area contributed by atoms with Crippen molar-refractivity contribution < 1.29 is 72.6 Å². The van der Waals surface area contributed by atoms with Gasteiger partial charge in [-0.2, -0.15) is 29.8 Å². The first-order chi connectivity index (χ1) is 31.5. The van der Waals surface area contributed by atoms with E-state index in [2.05, 4.69) is 0 Å². The Bertz CT molecular complexity index is 2750. The largest absolute Gasteiger partial charge is 0.481 e. The van der Waals surface area contributed by atoms with Crippen LogP contribution in [0, 0.1) is 0 Å². The predicted molar refractivity (Wildman–Crippen MR) is 259 cm³/mol. The molecule has 374 valence electrons. The van der Waals surface area contributed by atoms with E-state index in [1.807, 2.05) is 63.2 Å². The molecule has 0 aromatic heterocycles. The molecule has 0 atom stereocenters. The number of fused-ring (bicyclic) bond motifs is 2. The van der Waals surface area contributed by atoms with E-state index in [0.29, 0.717) is 83.7 Å². The molecule has 0 unspecified atom stereocenters. The molecule has 2 aliphatic heterocycles. The second kappa shape index (κ2) is 22.8. The van der Waals surface area contributed by atoms with Gasteiger partial charge in [0.25, 0.3) is 30.4 Å². The van der Waals surface area contributed by atoms with Crippen molar-refractivity contribution in [1.29, 1.82) is 0 Å². The van der Waals surface area contributed by atoms with E-state index in [-0.39, 0.29) is 80.6 Å². The van der Waals surface area contributed by atoms with E-state index in [0.717, 1.165) is 0 Å². The number of benzene rings is 2. The summed E-state index contributed by atoms with van der Waals surface area (Å²) >= 11 is 0. The molecule has 2 aromatic carbocycles. The van der Waals surface area contributed by atoms with Gasteiger partial charge in [0, 0.05) is 96.3 Å². The van der Waals surface area contributed by atoms with E-state index in [1.165, 1.54) is 6.07 Å². The smallest absolute Gasteiger partial charge is 0.303 e. The van der Waals surface area contributed by atoms with Gasteiger partial charge in [0.05, 0.1) is 28.2 Å². The molecular formula is C48H65N2O15S3+. The summed E-state index contributed by atoms with van der Waals surface area (Å²) in [6, 6.07) is 6.36. The summed E-state index contributed by atoms with van der Waals surface area (Å²) in [4.78, 5) is 68.3. The minimum atomic E-state index is -4.41. The minimum absolute atomic E-state index is 0.00589. The van der Waals surface area contributed by atoms with Crippen LogP contribution in [0.1, 0.15) is 178 Å². The molecule has 4 N–H and O–H groups in total. The maximum absolute atomic E-state index is 14.1. The number of carboxylic acids is 1. The van der Waals surface area contributed by atoms with E-state index in [4.69, 9.17) is 0 Å². The summed E-state index contributed by atoms with van der Waals surface area (Å²) < 4.78 is 100. The van der Waals surface area contributed by atoms with Crippen molar-refractivity contribution in [2.24, 2.45) is 0 Å². The molecule has 0 amide bonds. The lowest BCUT2D eigenvalue weighted by atomic mass is 9.77. The third-order valence-corrected chi connectivity index (χ3v) is 14.7. The molecule has 0 saturated heterocycles. The Morgan fingerprint density at radius 1 is 0.603 bits per heavy atom. The topological polar surface area (TPSA) is 275 Å². The molecule has 0 aliphatic carbocycles. The molecule has 0 bridgehead atoms. The summed E-state index contributed by atoms with van der Waals surface area (Å²) in [7, 11) is -13.1. The lowest BCUT2D eigenvalue weighted by Gasteiger charge is -2.27. The monoisotopic (exact) mass is 1010 g/mol. The van der Waals surface area contributed by atoms with Crippen LogP contribution in [0.3, 0.4) is 0 Å². The van der Waals surface area contributed by atoms with Gasteiger partial charge in [-0.3, -0.25) is 37.6 Å². The number of nitrogens with zero attached hydrogens (tertiary/aromatic N) is 2. The Morgan fingerprint density at radius 2 is 1.10 bits per heavy atom. The van der Waals surface area contributed by atoms with Crippen LogP contribution in [0.5, 0.6) is 0 Å². The number of allylic oxidation sites excluding steroid dienone is 4. The normalized spacial score (nSPS) is 16.1. The summed E-state index contributed by atoms with van der Waals surface area (Å²) in [5, 5.41) is 9.29. The zero-order valence-corrected chi connectivity index (χ0v) is 42.1. The van der Waals surface area contributed by atoms with Gasteiger partial charge in [-0.1, -0.05) is 33.8 Å². The fourth-order valence-electron chi connectivity index (χ4n) is 9.22. The fraction of sp³-hybridized carbons (Fsp3) is 0.542. The summed E-state index contributed by atoms with van der Waals surface area (Å²) in [6.07, 6.45) is 7.24. The quantitative estimate of drug-likeness (QED) is 0.0273. The number of carbonyl (C=O) groups excluding carboxylic acids is 4. The van der Waals surface area contributed by atoms with Gasteiger partial charge in [-0.25, -0.2) is 0 Å². The second-order valence-electron chi connectivity index (χ2n) is 18.5. The van der Waals surface area contributed by atoms with Gasteiger partial charge in [-0.05, 0) is 88.6 Å². The third kappa shape index (κ3) is 14.4. The Kier molecular flexibility index (Phi) is 18.7. The first kappa shape index (κ1) is 55.9. The SMILES string of the molecule is CCCC(=O)c1cc(C(=O)CCC)c2c(c1)N(CCCS(=O)(=O)O)C(=CC=CC1=[N+](CCCCCC(=O)O)c3cc(C(=O)CCCS(=O)(=O)O)cc(C(=O)CCCS(=O)(=O)O)c3C1(C)C)C2(C)C. The van der Waals surface area contributed by atoms with Crippen molar-refractivity contribution in [2.45, 2.75) is 136 Å². The van der Waals surface area contributed by atoms with E-state index in [9.17, 15) is 68.0 Å². The van der Waals surface area contributed by atoms with Crippen molar-refractivity contribution in [3.8, 4) is 0 Å². The Morgan fingerprint density at radius 3 is 1.66 bits per heavy atom. The number of aliphatic carboxylic acids is 1. The van der Waals surface area contributed by atoms with Crippen LogP contribution >= 0.6 is 0 Å². The second-order valence-corrected chi connectivity index (χ2v) is 23.2. The van der Waals surface area contributed by atoms with Crippen molar-refractivity contribution >= 4 is 76.5 Å². The van der Waals surface area contributed by atoms with Crippen LogP contribution in [0.2, 0.25) is 0 Å². The van der Waals surface area contributed by atoms with Crippen LogP contribution in [0.25, 0.3) is 0 Å². The highest BCUT2D eigenvalue weighted by Gasteiger charge is 2.48. The van der Waals surface area contributed by atoms with E-state index >= 15 is 0 Å². The lowest BCUT2D eigenvalue weighted by Crippen LogP contribution is -2.30. The van der Waals surface area contributed by atoms with Gasteiger partial charge < -0.3 is 10.0 Å². The molecule has 0 fully saturated rings. The highest BCUT2D eigenvalue weighted by molar-refractivity contribution is 7.86. The van der Waals surface area contributed by atoms with Gasteiger partial charge in [0.15, 0.2) is 28.8 Å². The maximum atomic E-state index is 14.1. The van der Waals surface area contributed by atoms with Crippen molar-refractivity contribution in [1.82, 2.24) is 0 Å². The highest BCUT2D eigenvalue weighted by Crippen LogP contribution is 2.51. The zero-order valence-electron chi connectivity index (χ0n) is 39.7. The number of Topliss-reactive ketones (excluding diaryl/α,β-unsaturated/α-hetero) is 4. The number of ketones is 4. The lowest BCUT2D eigenvalue weighted by molar-refractivity contribution is -0.438. The van der Waals surface area contributed by atoms with Gasteiger partial charge in [0.1, 0.15) is 6.54 Å². The Hall–Kier alpha value is -4.73. The molecule has 4 rings (SSSR count). The number of unbranched alkanes of at least 4 members (excludes halogenated alkanes) is 2. The number of carboxylic acid groups (broad SMARTS) is 1. The van der Waals surface area contributed by atoms with Crippen LogP contribution in [0.15, 0.2) is 48.2 Å². The van der Waals surface area contributed by atoms with Gasteiger partial charge in [0.2, 0.25) is 5.69 Å². The number of rotatable bonds is 28. The highest BCUT2D eigenvalue weighted by atomic mass is 32.2. The molecule has 20 heteroatoms. The van der Waals surface area contributed by atoms with Crippen molar-refractivity contribution in [3.05, 3.63) is 81.6 Å². The number of hydrogen-bond donors (Lipinski definition) is 4. The standard InChI is InChI=1S/C48H64N2O15S3/c1-7-16-38(51)32-28-34(40(53)17-8-2)45-37(30-32)50(24-15-27-68(63,64)65)43(48(45,5)6)21-12-20-42-47(3,4)46-35(41(54)19-14-26-67(60,61)62)29-33(39(52)18-13-25-66(57,58)59)31-36(46)49(42)23-11-9-10-22-44(55)56/h12,20-21,28-31H,7-11,13-19,22-27H2,1-6H3,(H3-,55,56,57,58,59,60,61,62,63,64,65)/p+1. The zero-order chi connectivity index (χ0) is 51.0. The Labute approximate surface area is 400 Å². The molecule has 17 nitrogen and oxygen atoms in total. The van der Waals surface area contributed by atoms with Crippen LogP contribution in [0.4, 0.5) is 11.4 Å². The number of hydrogen-bond acceptors (Lipinski definition) is 12. The average molecular weight is 1010 g/mol. The van der Waals surface area contributed by atoms with Crippen molar-refractivity contribution in [3.63, 3.8) is 0 Å². The molecular weight excluding hydrogens is 941 g/mol. The maximum Gasteiger partial charge on any atom is 0.303 e. The molecule has 2 aliphatic rings. The van der Waals surface area contributed by atoms with Gasteiger partial charge in [-0.15, -0.1) is 0 Å². The summed E-state index contributed by atoms with van der Waals surface area (Å²) in [5.41, 5.74) is 2.48. The third-order valence-electron chi connectivity index (χ3n) is 12.3. The molecule has 0 saturated carbocycles. The molecule has 2 heterocycles. The predicted octanol–water partition coefficient (Wildman–Crippen LogP) is 7.89. The Balaban J connectivity index is 1.97. The molecule has 0 radical (unpaired) electrons. The molecule has 68 heavy (non-hydrogen) atoms.